The molecule has 256 valence electrons. The Hall–Kier alpha value is -1.06. The van der Waals surface area contributed by atoms with E-state index in [0.29, 0.717) is 25.3 Å². The Bertz CT molecular complexity index is 592. The van der Waals surface area contributed by atoms with E-state index in [9.17, 15) is 9.59 Å². The van der Waals surface area contributed by atoms with Gasteiger partial charge in [-0.25, -0.2) is 0 Å². The van der Waals surface area contributed by atoms with E-state index in [0.717, 1.165) is 25.7 Å². The van der Waals surface area contributed by atoms with Crippen molar-refractivity contribution >= 4 is 11.8 Å². The molecular formula is C39H78N2O2. The first-order valence-electron chi connectivity index (χ1n) is 19.6. The maximum Gasteiger partial charge on any atom is 0.220 e. The van der Waals surface area contributed by atoms with Crippen molar-refractivity contribution < 1.29 is 9.59 Å². The topological polar surface area (TPSA) is 58.2 Å². The van der Waals surface area contributed by atoms with E-state index in [1.165, 1.54) is 154 Å². The molecule has 0 unspecified atom stereocenters. The zero-order chi connectivity index (χ0) is 31.6. The molecule has 0 aliphatic heterocycles. The van der Waals surface area contributed by atoms with Crippen LogP contribution in [0.1, 0.15) is 220 Å². The van der Waals surface area contributed by atoms with Crippen LogP contribution in [-0.2, 0) is 9.59 Å². The molecule has 43 heavy (non-hydrogen) atoms. The maximum absolute atomic E-state index is 12.5. The molecule has 2 amide bonds. The van der Waals surface area contributed by atoms with Gasteiger partial charge in [-0.1, -0.05) is 195 Å². The predicted octanol–water partition coefficient (Wildman–Crippen LogP) is 12.0. The molecule has 0 aromatic carbocycles. The quantitative estimate of drug-likeness (QED) is 0.0716. The van der Waals surface area contributed by atoms with Crippen LogP contribution in [0, 0.1) is 5.92 Å². The van der Waals surface area contributed by atoms with Crippen LogP contribution in [0.2, 0.25) is 0 Å². The Labute approximate surface area is 270 Å². The lowest BCUT2D eigenvalue weighted by Gasteiger charge is -2.23. The van der Waals surface area contributed by atoms with Gasteiger partial charge in [0.2, 0.25) is 11.8 Å². The van der Waals surface area contributed by atoms with E-state index >= 15 is 0 Å². The van der Waals surface area contributed by atoms with Crippen molar-refractivity contribution in [3.05, 3.63) is 0 Å². The average Bonchev–Trinajstić information content (AvgIpc) is 2.99. The lowest BCUT2D eigenvalue weighted by Crippen LogP contribution is -2.46. The van der Waals surface area contributed by atoms with Gasteiger partial charge in [0.05, 0.1) is 0 Å². The summed E-state index contributed by atoms with van der Waals surface area (Å²) in [5, 5.41) is 6.27. The molecule has 2 N–H and O–H groups in total. The van der Waals surface area contributed by atoms with Crippen LogP contribution in [0.4, 0.5) is 0 Å². The van der Waals surface area contributed by atoms with Crippen molar-refractivity contribution in [2.75, 3.05) is 6.54 Å². The number of carbonyl (C=O) groups excluding carboxylic acids is 2. The fourth-order valence-electron chi connectivity index (χ4n) is 6.00. The van der Waals surface area contributed by atoms with Gasteiger partial charge in [0.15, 0.2) is 0 Å². The Balaban J connectivity index is 3.63. The van der Waals surface area contributed by atoms with E-state index in [1.54, 1.807) is 0 Å². The first-order chi connectivity index (χ1) is 21.0. The third-order valence-corrected chi connectivity index (χ3v) is 9.19. The molecule has 0 aromatic rings. The molecule has 0 saturated heterocycles. The van der Waals surface area contributed by atoms with Gasteiger partial charge in [-0.2, -0.15) is 0 Å². The fraction of sp³-hybridized carbons (Fsp3) is 0.949. The van der Waals surface area contributed by atoms with Crippen LogP contribution in [0.3, 0.4) is 0 Å². The minimum atomic E-state index is 0.0134. The molecule has 0 aromatic heterocycles. The van der Waals surface area contributed by atoms with Crippen LogP contribution in [0.25, 0.3) is 0 Å². The van der Waals surface area contributed by atoms with E-state index < -0.39 is 0 Å². The van der Waals surface area contributed by atoms with Gasteiger partial charge < -0.3 is 10.6 Å². The van der Waals surface area contributed by atoms with E-state index in [2.05, 4.69) is 38.3 Å². The third kappa shape index (κ3) is 32.2. The number of hydrogen-bond acceptors (Lipinski definition) is 2. The minimum absolute atomic E-state index is 0.0134. The zero-order valence-electron chi connectivity index (χ0n) is 29.9. The van der Waals surface area contributed by atoms with Crippen molar-refractivity contribution in [1.82, 2.24) is 10.6 Å². The molecule has 0 radical (unpaired) electrons. The summed E-state index contributed by atoms with van der Waals surface area (Å²) in [4.78, 5) is 24.9. The first-order valence-corrected chi connectivity index (χ1v) is 19.6. The number of carbonyl (C=O) groups is 2. The molecule has 0 rings (SSSR count). The second-order valence-electron chi connectivity index (χ2n) is 13.9. The van der Waals surface area contributed by atoms with Gasteiger partial charge in [0, 0.05) is 25.4 Å². The van der Waals surface area contributed by atoms with E-state index in [-0.39, 0.29) is 17.9 Å². The molecule has 0 saturated carbocycles. The number of amides is 2. The number of rotatable bonds is 34. The van der Waals surface area contributed by atoms with Crippen LogP contribution in [0.5, 0.6) is 0 Å². The van der Waals surface area contributed by atoms with Gasteiger partial charge in [0.25, 0.3) is 0 Å². The number of unbranched alkanes of at least 4 members (excludes halogenated alkanes) is 26. The Morgan fingerprint density at radius 3 is 1.00 bits per heavy atom. The summed E-state index contributed by atoms with van der Waals surface area (Å²) in [6.07, 6.45) is 38.4. The molecule has 4 nitrogen and oxygen atoms in total. The van der Waals surface area contributed by atoms with E-state index in [1.807, 2.05) is 0 Å². The van der Waals surface area contributed by atoms with Crippen LogP contribution in [-0.4, -0.2) is 24.4 Å². The van der Waals surface area contributed by atoms with Crippen molar-refractivity contribution in [2.45, 2.75) is 226 Å². The van der Waals surface area contributed by atoms with Gasteiger partial charge in [-0.3, -0.25) is 9.59 Å². The SMILES string of the molecule is CCCCCCCCCCCCCCCCCC(=O)NC[C@H](NC(=O)CCCCCCCCCCCCCCC)C(C)C. The summed E-state index contributed by atoms with van der Waals surface area (Å²) < 4.78 is 0. The lowest BCUT2D eigenvalue weighted by atomic mass is 10.0. The summed E-state index contributed by atoms with van der Waals surface area (Å²) in [5.41, 5.74) is 0. The predicted molar refractivity (Wildman–Crippen MR) is 190 cm³/mol. The smallest absolute Gasteiger partial charge is 0.220 e. The summed E-state index contributed by atoms with van der Waals surface area (Å²) >= 11 is 0. The van der Waals surface area contributed by atoms with Crippen LogP contribution >= 0.6 is 0 Å². The Kier molecular flexibility index (Phi) is 33.0. The lowest BCUT2D eigenvalue weighted by molar-refractivity contribution is -0.124. The fourth-order valence-corrected chi connectivity index (χ4v) is 6.00. The summed E-state index contributed by atoms with van der Waals surface area (Å²) in [6, 6.07) is 0.0134. The highest BCUT2D eigenvalue weighted by Crippen LogP contribution is 2.15. The first kappa shape index (κ1) is 41.9. The second kappa shape index (κ2) is 33.8. The second-order valence-corrected chi connectivity index (χ2v) is 13.9. The van der Waals surface area contributed by atoms with Gasteiger partial charge >= 0.3 is 0 Å². The highest BCUT2D eigenvalue weighted by molar-refractivity contribution is 5.77. The largest absolute Gasteiger partial charge is 0.354 e. The molecule has 1 atom stereocenters. The normalized spacial score (nSPS) is 12.1. The molecule has 0 fully saturated rings. The van der Waals surface area contributed by atoms with Gasteiger partial charge in [-0.05, 0) is 18.8 Å². The van der Waals surface area contributed by atoms with Crippen molar-refractivity contribution in [1.29, 1.82) is 0 Å². The molecule has 0 bridgehead atoms. The monoisotopic (exact) mass is 607 g/mol. The van der Waals surface area contributed by atoms with Crippen LogP contribution < -0.4 is 10.6 Å². The van der Waals surface area contributed by atoms with Crippen molar-refractivity contribution in [3.63, 3.8) is 0 Å². The van der Waals surface area contributed by atoms with Gasteiger partial charge in [0.1, 0.15) is 0 Å². The number of nitrogens with one attached hydrogen (secondary N) is 2. The minimum Gasteiger partial charge on any atom is -0.354 e. The molecule has 0 aliphatic rings. The summed E-state index contributed by atoms with van der Waals surface area (Å²) in [5.74, 6) is 0.575. The number of hydrogen-bond donors (Lipinski definition) is 2. The van der Waals surface area contributed by atoms with Gasteiger partial charge in [-0.15, -0.1) is 0 Å². The Morgan fingerprint density at radius 1 is 0.419 bits per heavy atom. The summed E-state index contributed by atoms with van der Waals surface area (Å²) in [6.45, 7) is 9.34. The molecule has 4 heteroatoms. The van der Waals surface area contributed by atoms with Crippen LogP contribution in [0.15, 0.2) is 0 Å². The molecule has 0 heterocycles. The molecule has 0 spiro atoms. The molecule has 0 aliphatic carbocycles. The van der Waals surface area contributed by atoms with Crippen molar-refractivity contribution in [3.8, 4) is 0 Å². The maximum atomic E-state index is 12.5. The van der Waals surface area contributed by atoms with E-state index in [4.69, 9.17) is 0 Å². The highest BCUT2D eigenvalue weighted by Gasteiger charge is 2.17. The van der Waals surface area contributed by atoms with Crippen molar-refractivity contribution in [2.24, 2.45) is 5.92 Å². The standard InChI is InChI=1S/C39H78N2O2/c1-5-7-9-11-13-15-17-19-20-22-23-25-27-29-31-33-38(42)40-35-37(36(3)4)41-39(43)34-32-30-28-26-24-21-18-16-14-12-10-8-6-2/h36-37H,5-35H2,1-4H3,(H,40,42)(H,41,43)/t37-/m0/s1. The highest BCUT2D eigenvalue weighted by atomic mass is 16.2. The Morgan fingerprint density at radius 2 is 0.698 bits per heavy atom. The summed E-state index contributed by atoms with van der Waals surface area (Å²) in [7, 11) is 0. The average molecular weight is 607 g/mol. The zero-order valence-corrected chi connectivity index (χ0v) is 29.9. The third-order valence-electron chi connectivity index (χ3n) is 9.19. The molecular weight excluding hydrogens is 528 g/mol.